The smallest absolute Gasteiger partial charge is 0.283 e. The quantitative estimate of drug-likeness (QED) is 0.757. The first-order valence-electron chi connectivity index (χ1n) is 6.74. The lowest BCUT2D eigenvalue weighted by Gasteiger charge is -2.17. The molecule has 0 saturated heterocycles. The maximum absolute atomic E-state index is 12.1. The van der Waals surface area contributed by atoms with E-state index in [1.54, 1.807) is 6.20 Å². The molecule has 0 atom stereocenters. The van der Waals surface area contributed by atoms with Gasteiger partial charge in [0, 0.05) is 31.7 Å². The molecule has 2 aromatic heterocycles. The molecule has 0 amide bonds. The van der Waals surface area contributed by atoms with Crippen LogP contribution in [0.5, 0.6) is 0 Å². The summed E-state index contributed by atoms with van der Waals surface area (Å²) in [6.07, 6.45) is 4.05. The molecule has 2 heterocycles. The number of carbonyl (C=O) groups is 1. The Morgan fingerprint density at radius 2 is 2.10 bits per heavy atom. The van der Waals surface area contributed by atoms with E-state index in [-0.39, 0.29) is 11.6 Å². The highest BCUT2D eigenvalue weighted by Gasteiger charge is 2.17. The normalized spacial score (nSPS) is 11.2. The fourth-order valence-electron chi connectivity index (χ4n) is 1.86. The molecular weight excluding hydrogens is 274 g/mol. The van der Waals surface area contributed by atoms with Crippen LogP contribution in [0.25, 0.3) is 0 Å². The molecule has 0 saturated carbocycles. The largest absolute Gasteiger partial charge is 0.384 e. The fourth-order valence-corrected chi connectivity index (χ4v) is 1.86. The second kappa shape index (κ2) is 7.00. The summed E-state index contributed by atoms with van der Waals surface area (Å²) < 4.78 is 13.7. The van der Waals surface area contributed by atoms with Crippen molar-refractivity contribution in [3.8, 4) is 0 Å². The van der Waals surface area contributed by atoms with E-state index in [1.165, 1.54) is 27.8 Å². The average molecular weight is 293 g/mol. The number of imidazole rings is 1. The summed E-state index contributed by atoms with van der Waals surface area (Å²) >= 11 is 0. The van der Waals surface area contributed by atoms with Gasteiger partial charge < -0.3 is 15.2 Å². The summed E-state index contributed by atoms with van der Waals surface area (Å²) in [6, 6.07) is 1.53. The molecule has 0 aromatic carbocycles. The molecule has 0 fully saturated rings. The van der Waals surface area contributed by atoms with Crippen molar-refractivity contribution in [1.82, 2.24) is 19.3 Å². The zero-order valence-electron chi connectivity index (χ0n) is 12.1. The van der Waals surface area contributed by atoms with Gasteiger partial charge in [-0.2, -0.15) is 5.10 Å². The molecule has 0 unspecified atom stereocenters. The molecule has 0 aliphatic carbocycles. The third-order valence-corrected chi connectivity index (χ3v) is 2.80. The Kier molecular flexibility index (Phi) is 5.07. The highest BCUT2D eigenvalue weighted by atomic mass is 16.7. The van der Waals surface area contributed by atoms with Crippen LogP contribution < -0.4 is 5.73 Å². The van der Waals surface area contributed by atoms with Gasteiger partial charge in [0.05, 0.1) is 6.54 Å². The molecule has 2 aromatic rings. The molecule has 0 bridgehead atoms. The minimum Gasteiger partial charge on any atom is -0.384 e. The zero-order valence-corrected chi connectivity index (χ0v) is 12.1. The van der Waals surface area contributed by atoms with E-state index in [0.29, 0.717) is 25.6 Å². The van der Waals surface area contributed by atoms with Gasteiger partial charge in [-0.25, -0.2) is 9.67 Å². The van der Waals surface area contributed by atoms with Crippen molar-refractivity contribution >= 4 is 11.7 Å². The number of carbonyl (C=O) groups excluding carboxylic acids is 1. The number of nitrogens with two attached hydrogens (primary N) is 1. The van der Waals surface area contributed by atoms with E-state index in [0.717, 1.165) is 0 Å². The Morgan fingerprint density at radius 3 is 2.67 bits per heavy atom. The third-order valence-electron chi connectivity index (χ3n) is 2.80. The van der Waals surface area contributed by atoms with E-state index < -0.39 is 6.29 Å². The Morgan fingerprint density at radius 1 is 1.38 bits per heavy atom. The van der Waals surface area contributed by atoms with Gasteiger partial charge in [0.25, 0.3) is 5.91 Å². The minimum absolute atomic E-state index is 0.247. The first-order valence-corrected chi connectivity index (χ1v) is 6.74. The Bertz CT molecular complexity index is 573. The van der Waals surface area contributed by atoms with Crippen molar-refractivity contribution in [3.63, 3.8) is 0 Å². The van der Waals surface area contributed by atoms with Crippen molar-refractivity contribution in [2.75, 3.05) is 18.9 Å². The van der Waals surface area contributed by atoms with Crippen LogP contribution in [0, 0.1) is 0 Å². The van der Waals surface area contributed by atoms with E-state index in [2.05, 4.69) is 10.1 Å². The summed E-state index contributed by atoms with van der Waals surface area (Å²) in [4.78, 5) is 16.0. The first-order chi connectivity index (χ1) is 10.2. The second-order valence-electron chi connectivity index (χ2n) is 4.25. The SMILES string of the molecule is CCOC(Cn1nc(C(=O)n2ccnc2)cc1N)OCC. The number of rotatable bonds is 7. The molecule has 21 heavy (non-hydrogen) atoms. The van der Waals surface area contributed by atoms with Gasteiger partial charge >= 0.3 is 0 Å². The lowest BCUT2D eigenvalue weighted by molar-refractivity contribution is -0.144. The van der Waals surface area contributed by atoms with E-state index >= 15 is 0 Å². The molecule has 2 N–H and O–H groups in total. The molecule has 0 aliphatic heterocycles. The van der Waals surface area contributed by atoms with Gasteiger partial charge in [0.1, 0.15) is 12.1 Å². The van der Waals surface area contributed by atoms with Gasteiger partial charge in [-0.05, 0) is 13.8 Å². The summed E-state index contributed by atoms with van der Waals surface area (Å²) in [5.74, 6) is 0.0881. The van der Waals surface area contributed by atoms with E-state index in [9.17, 15) is 4.79 Å². The van der Waals surface area contributed by atoms with Crippen molar-refractivity contribution in [2.24, 2.45) is 0 Å². The van der Waals surface area contributed by atoms with Crippen LogP contribution in [0.15, 0.2) is 24.8 Å². The van der Waals surface area contributed by atoms with Crippen LogP contribution in [0.4, 0.5) is 5.82 Å². The number of hydrogen-bond donors (Lipinski definition) is 1. The molecule has 2 rings (SSSR count). The zero-order chi connectivity index (χ0) is 15.2. The molecule has 8 nitrogen and oxygen atoms in total. The highest BCUT2D eigenvalue weighted by molar-refractivity contribution is 5.94. The third kappa shape index (κ3) is 3.67. The molecule has 114 valence electrons. The van der Waals surface area contributed by atoms with Crippen molar-refractivity contribution in [1.29, 1.82) is 0 Å². The monoisotopic (exact) mass is 293 g/mol. The van der Waals surface area contributed by atoms with Gasteiger partial charge in [0.15, 0.2) is 12.0 Å². The number of nitrogen functional groups attached to an aromatic ring is 1. The van der Waals surface area contributed by atoms with Crippen LogP contribution >= 0.6 is 0 Å². The van der Waals surface area contributed by atoms with E-state index in [1.807, 2.05) is 13.8 Å². The summed E-state index contributed by atoms with van der Waals surface area (Å²) in [6.45, 7) is 5.13. The number of hydrogen-bond acceptors (Lipinski definition) is 6. The predicted octanol–water partition coefficient (Wildman–Crippen LogP) is 0.749. The summed E-state index contributed by atoms with van der Waals surface area (Å²) in [5, 5.41) is 4.20. The van der Waals surface area contributed by atoms with Crippen LogP contribution in [0.2, 0.25) is 0 Å². The van der Waals surface area contributed by atoms with Gasteiger partial charge in [-0.15, -0.1) is 0 Å². The number of ether oxygens (including phenoxy) is 2. The molecule has 0 spiro atoms. The molecule has 0 aliphatic rings. The maximum atomic E-state index is 12.1. The highest BCUT2D eigenvalue weighted by Crippen LogP contribution is 2.11. The van der Waals surface area contributed by atoms with Gasteiger partial charge in [-0.3, -0.25) is 9.36 Å². The average Bonchev–Trinajstić information content (AvgIpc) is 3.09. The lowest BCUT2D eigenvalue weighted by Crippen LogP contribution is -2.25. The van der Waals surface area contributed by atoms with Crippen LogP contribution in [-0.2, 0) is 16.0 Å². The van der Waals surface area contributed by atoms with Gasteiger partial charge in [0.2, 0.25) is 0 Å². The van der Waals surface area contributed by atoms with E-state index in [4.69, 9.17) is 15.2 Å². The summed E-state index contributed by atoms with van der Waals surface area (Å²) in [7, 11) is 0. The minimum atomic E-state index is -0.446. The fraction of sp³-hybridized carbons (Fsp3) is 0.462. The number of nitrogens with zero attached hydrogens (tertiary/aromatic N) is 4. The summed E-state index contributed by atoms with van der Waals surface area (Å²) in [5.41, 5.74) is 6.13. The molecule has 8 heteroatoms. The lowest BCUT2D eigenvalue weighted by atomic mass is 10.4. The van der Waals surface area contributed by atoms with Gasteiger partial charge in [-0.1, -0.05) is 0 Å². The second-order valence-corrected chi connectivity index (χ2v) is 4.25. The number of aromatic nitrogens is 4. The Hall–Kier alpha value is -2.19. The molecule has 0 radical (unpaired) electrons. The topological polar surface area (TPSA) is 97.2 Å². The Labute approximate surface area is 122 Å². The number of anilines is 1. The maximum Gasteiger partial charge on any atom is 0.283 e. The van der Waals surface area contributed by atoms with Crippen LogP contribution in [-0.4, -0.2) is 44.7 Å². The standard InChI is InChI=1S/C13H19N5O3/c1-3-20-12(21-4-2)8-18-11(14)7-10(16-18)13(19)17-6-5-15-9-17/h5-7,9,12H,3-4,8,14H2,1-2H3. The van der Waals surface area contributed by atoms with Crippen LogP contribution in [0.3, 0.4) is 0 Å². The first kappa shape index (κ1) is 15.2. The van der Waals surface area contributed by atoms with Crippen molar-refractivity contribution < 1.29 is 14.3 Å². The predicted molar refractivity (Wildman–Crippen MR) is 75.6 cm³/mol. The van der Waals surface area contributed by atoms with Crippen molar-refractivity contribution in [3.05, 3.63) is 30.5 Å². The Balaban J connectivity index is 2.13. The van der Waals surface area contributed by atoms with Crippen molar-refractivity contribution in [2.45, 2.75) is 26.7 Å². The molecular formula is C13H19N5O3. The van der Waals surface area contributed by atoms with Crippen LogP contribution in [0.1, 0.15) is 24.3 Å².